The normalized spacial score (nSPS) is 11.2. The molecule has 12 heavy (non-hydrogen) atoms. The van der Waals surface area contributed by atoms with Gasteiger partial charge in [-0.3, -0.25) is 0 Å². The van der Waals surface area contributed by atoms with Crippen LogP contribution >= 0.6 is 0 Å². The largest absolute Gasteiger partial charge is 0.490 e. The summed E-state index contributed by atoms with van der Waals surface area (Å²) < 4.78 is 35.9. The number of halogens is 1. The molecule has 0 unspecified atom stereocenters. The summed E-state index contributed by atoms with van der Waals surface area (Å²) in [6.07, 6.45) is 1.31. The van der Waals surface area contributed by atoms with Crippen LogP contribution < -0.4 is 4.18 Å². The molecule has 0 aliphatic carbocycles. The van der Waals surface area contributed by atoms with Crippen molar-refractivity contribution in [3.8, 4) is 5.88 Å². The number of nitrogens with zero attached hydrogens (tertiary/aromatic N) is 1. The zero-order valence-electron chi connectivity index (χ0n) is 6.19. The monoisotopic (exact) mass is 191 g/mol. The van der Waals surface area contributed by atoms with Gasteiger partial charge in [-0.25, -0.2) is 4.98 Å². The first-order valence-corrected chi connectivity index (χ1v) is 4.35. The summed E-state index contributed by atoms with van der Waals surface area (Å²) in [4.78, 5) is 3.52. The molecule has 0 bridgehead atoms. The second-order valence-corrected chi connectivity index (χ2v) is 3.05. The van der Waals surface area contributed by atoms with Gasteiger partial charge < -0.3 is 4.18 Å². The van der Waals surface area contributed by atoms with Gasteiger partial charge in [-0.2, -0.15) is 8.42 Å². The second-order valence-electron chi connectivity index (χ2n) is 2.10. The first-order chi connectivity index (χ1) is 5.49. The first kappa shape index (κ1) is 8.92. The van der Waals surface area contributed by atoms with Crippen LogP contribution in [-0.2, 0) is 10.5 Å². The van der Waals surface area contributed by atoms with Crippen LogP contribution in [0.5, 0.6) is 5.88 Å². The zero-order valence-corrected chi connectivity index (χ0v) is 7.01. The summed E-state index contributed by atoms with van der Waals surface area (Å²) in [5.74, 6) is -0.236. The summed E-state index contributed by atoms with van der Waals surface area (Å²) in [5, 5.41) is 0. The number of rotatable bonds is 2. The highest BCUT2D eigenvalue weighted by molar-refractivity contribution is 7.81. The molecule has 0 amide bonds. The standard InChI is InChI=1S/C6H6FNO3S/c1-5-3-2-4-8-6(5)11-12(7,9)10/h2-4H,1H3. The van der Waals surface area contributed by atoms with E-state index in [1.807, 2.05) is 0 Å². The number of aromatic nitrogens is 1. The molecule has 0 aromatic carbocycles. The molecule has 0 saturated heterocycles. The van der Waals surface area contributed by atoms with E-state index < -0.39 is 10.5 Å². The van der Waals surface area contributed by atoms with Crippen LogP contribution in [0.4, 0.5) is 3.89 Å². The molecule has 0 radical (unpaired) electrons. The van der Waals surface area contributed by atoms with Crippen LogP contribution in [0, 0.1) is 6.92 Å². The Morgan fingerprint density at radius 3 is 2.75 bits per heavy atom. The Balaban J connectivity index is 2.98. The van der Waals surface area contributed by atoms with Gasteiger partial charge in [0.2, 0.25) is 5.88 Å². The summed E-state index contributed by atoms with van der Waals surface area (Å²) in [7, 11) is -4.96. The van der Waals surface area contributed by atoms with Crippen molar-refractivity contribution in [2.24, 2.45) is 0 Å². The lowest BCUT2D eigenvalue weighted by Gasteiger charge is -2.00. The molecule has 0 atom stereocenters. The maximum atomic E-state index is 12.0. The van der Waals surface area contributed by atoms with Crippen molar-refractivity contribution in [3.63, 3.8) is 0 Å². The third-order valence-electron chi connectivity index (χ3n) is 1.14. The predicted molar refractivity (Wildman–Crippen MR) is 39.6 cm³/mol. The SMILES string of the molecule is Cc1cccnc1OS(=O)(=O)F. The van der Waals surface area contributed by atoms with Gasteiger partial charge in [0.05, 0.1) is 0 Å². The van der Waals surface area contributed by atoms with E-state index in [4.69, 9.17) is 0 Å². The quantitative estimate of drug-likeness (QED) is 0.654. The summed E-state index contributed by atoms with van der Waals surface area (Å²) in [5.41, 5.74) is 0.457. The van der Waals surface area contributed by atoms with Gasteiger partial charge in [-0.15, -0.1) is 0 Å². The molecule has 0 N–H and O–H groups in total. The van der Waals surface area contributed by atoms with Crippen molar-refractivity contribution < 1.29 is 16.5 Å². The highest BCUT2D eigenvalue weighted by atomic mass is 32.3. The Morgan fingerprint density at radius 1 is 1.58 bits per heavy atom. The van der Waals surface area contributed by atoms with Gasteiger partial charge in [0.1, 0.15) is 0 Å². The minimum Gasteiger partial charge on any atom is -0.337 e. The Kier molecular flexibility index (Phi) is 2.27. The number of aryl methyl sites for hydroxylation is 1. The van der Waals surface area contributed by atoms with E-state index in [-0.39, 0.29) is 5.88 Å². The van der Waals surface area contributed by atoms with Crippen LogP contribution in [0.15, 0.2) is 18.3 Å². The van der Waals surface area contributed by atoms with Crippen molar-refractivity contribution in [1.82, 2.24) is 4.98 Å². The van der Waals surface area contributed by atoms with E-state index in [2.05, 4.69) is 9.17 Å². The number of pyridine rings is 1. The van der Waals surface area contributed by atoms with E-state index in [1.54, 1.807) is 19.1 Å². The minimum atomic E-state index is -4.96. The fraction of sp³-hybridized carbons (Fsp3) is 0.167. The molecule has 4 nitrogen and oxygen atoms in total. The van der Waals surface area contributed by atoms with E-state index in [0.717, 1.165) is 0 Å². The molecule has 1 aromatic heterocycles. The van der Waals surface area contributed by atoms with Gasteiger partial charge in [-0.05, 0) is 13.0 Å². The summed E-state index contributed by atoms with van der Waals surface area (Å²) in [6.45, 7) is 1.56. The molecule has 0 aliphatic rings. The first-order valence-electron chi connectivity index (χ1n) is 3.05. The van der Waals surface area contributed by atoms with Crippen molar-refractivity contribution >= 4 is 10.5 Å². The van der Waals surface area contributed by atoms with E-state index in [1.165, 1.54) is 6.20 Å². The molecule has 0 aliphatic heterocycles. The molecule has 1 aromatic rings. The fourth-order valence-corrected chi connectivity index (χ4v) is 1.02. The van der Waals surface area contributed by atoms with Gasteiger partial charge in [0, 0.05) is 11.8 Å². The molecule has 66 valence electrons. The lowest BCUT2D eigenvalue weighted by atomic mass is 10.3. The van der Waals surface area contributed by atoms with Gasteiger partial charge >= 0.3 is 10.5 Å². The predicted octanol–water partition coefficient (Wildman–Crippen LogP) is 0.983. The highest BCUT2D eigenvalue weighted by Crippen LogP contribution is 2.14. The smallest absolute Gasteiger partial charge is 0.337 e. The Bertz CT molecular complexity index is 376. The fourth-order valence-electron chi connectivity index (χ4n) is 0.653. The third-order valence-corrected chi connectivity index (χ3v) is 1.50. The number of hydrogen-bond acceptors (Lipinski definition) is 4. The van der Waals surface area contributed by atoms with Crippen molar-refractivity contribution in [2.45, 2.75) is 6.92 Å². The van der Waals surface area contributed by atoms with Crippen LogP contribution in [0.25, 0.3) is 0 Å². The minimum absolute atomic E-state index is 0.236. The lowest BCUT2D eigenvalue weighted by molar-refractivity contribution is 0.430. The molecule has 0 saturated carbocycles. The molecular formula is C6H6FNO3S. The van der Waals surface area contributed by atoms with Gasteiger partial charge in [0.25, 0.3) is 0 Å². The van der Waals surface area contributed by atoms with Crippen LogP contribution in [-0.4, -0.2) is 13.4 Å². The van der Waals surface area contributed by atoms with Crippen molar-refractivity contribution in [2.75, 3.05) is 0 Å². The van der Waals surface area contributed by atoms with Gasteiger partial charge in [0.15, 0.2) is 0 Å². The zero-order chi connectivity index (χ0) is 9.19. The Hall–Kier alpha value is -1.17. The van der Waals surface area contributed by atoms with Crippen LogP contribution in [0.3, 0.4) is 0 Å². The number of hydrogen-bond donors (Lipinski definition) is 0. The van der Waals surface area contributed by atoms with Crippen LogP contribution in [0.1, 0.15) is 5.56 Å². The molecule has 6 heteroatoms. The maximum Gasteiger partial charge on any atom is 0.490 e. The molecular weight excluding hydrogens is 185 g/mol. The van der Waals surface area contributed by atoms with E-state index >= 15 is 0 Å². The summed E-state index contributed by atoms with van der Waals surface area (Å²) in [6, 6.07) is 3.15. The Labute approximate surface area is 69.4 Å². The maximum absolute atomic E-state index is 12.0. The average Bonchev–Trinajstić information content (AvgIpc) is 1.91. The highest BCUT2D eigenvalue weighted by Gasteiger charge is 2.11. The van der Waals surface area contributed by atoms with E-state index in [0.29, 0.717) is 5.56 Å². The Morgan fingerprint density at radius 2 is 2.25 bits per heavy atom. The topological polar surface area (TPSA) is 56.3 Å². The van der Waals surface area contributed by atoms with Crippen LogP contribution in [0.2, 0.25) is 0 Å². The lowest BCUT2D eigenvalue weighted by Crippen LogP contribution is -2.03. The van der Waals surface area contributed by atoms with Gasteiger partial charge in [-0.1, -0.05) is 9.95 Å². The average molecular weight is 191 g/mol. The molecule has 1 heterocycles. The molecule has 0 spiro atoms. The van der Waals surface area contributed by atoms with Crippen molar-refractivity contribution in [1.29, 1.82) is 0 Å². The summed E-state index contributed by atoms with van der Waals surface area (Å²) >= 11 is 0. The van der Waals surface area contributed by atoms with E-state index in [9.17, 15) is 12.3 Å². The molecule has 1 rings (SSSR count). The van der Waals surface area contributed by atoms with Crippen molar-refractivity contribution in [3.05, 3.63) is 23.9 Å². The third kappa shape index (κ3) is 2.46. The molecule has 0 fully saturated rings. The second kappa shape index (κ2) is 3.06.